The van der Waals surface area contributed by atoms with Crippen LogP contribution in [0.4, 0.5) is 0 Å². The topological polar surface area (TPSA) is 59.4 Å². The predicted octanol–water partition coefficient (Wildman–Crippen LogP) is 6.44. The predicted molar refractivity (Wildman–Crippen MR) is 130 cm³/mol. The number of nitrogens with zero attached hydrogens (tertiary/aromatic N) is 3. The van der Waals surface area contributed by atoms with E-state index >= 15 is 0 Å². The highest BCUT2D eigenvalue weighted by atomic mass is 35.5. The lowest BCUT2D eigenvalue weighted by Crippen LogP contribution is -2.11. The van der Waals surface area contributed by atoms with E-state index in [0.29, 0.717) is 16.9 Å². The first-order chi connectivity index (χ1) is 15.6. The second-order valence-corrected chi connectivity index (χ2v) is 8.29. The molecule has 0 saturated carbocycles. The summed E-state index contributed by atoms with van der Waals surface area (Å²) in [6.45, 7) is 2.57. The first-order valence-electron chi connectivity index (χ1n) is 10.4. The van der Waals surface area contributed by atoms with Gasteiger partial charge in [0.1, 0.15) is 16.1 Å². The van der Waals surface area contributed by atoms with Crippen LogP contribution in [0.3, 0.4) is 0 Å². The van der Waals surface area contributed by atoms with Crippen LogP contribution in [0.5, 0.6) is 5.75 Å². The lowest BCUT2D eigenvalue weighted by atomic mass is 9.97. The van der Waals surface area contributed by atoms with Crippen LogP contribution in [0.25, 0.3) is 22.0 Å². The van der Waals surface area contributed by atoms with Crippen molar-refractivity contribution in [2.24, 2.45) is 5.10 Å². The van der Waals surface area contributed by atoms with Crippen molar-refractivity contribution < 1.29 is 4.74 Å². The zero-order valence-corrected chi connectivity index (χ0v) is 18.9. The summed E-state index contributed by atoms with van der Waals surface area (Å²) >= 11 is 12.4. The van der Waals surface area contributed by atoms with E-state index in [1.54, 1.807) is 12.3 Å². The highest BCUT2D eigenvalue weighted by molar-refractivity contribution is 6.30. The van der Waals surface area contributed by atoms with Crippen LogP contribution in [-0.4, -0.2) is 22.3 Å². The second kappa shape index (κ2) is 8.77. The molecule has 0 saturated heterocycles. The van der Waals surface area contributed by atoms with Gasteiger partial charge in [-0.3, -0.25) is 0 Å². The van der Waals surface area contributed by atoms with Crippen molar-refractivity contribution in [2.75, 3.05) is 6.61 Å². The Balaban J connectivity index is 1.34. The summed E-state index contributed by atoms with van der Waals surface area (Å²) in [6.07, 6.45) is 2.50. The molecular weight excluding hydrogens is 443 g/mol. The molecule has 0 spiro atoms. The molecule has 3 heterocycles. The summed E-state index contributed by atoms with van der Waals surface area (Å²) in [5, 5.41) is 6.55. The molecule has 1 unspecified atom stereocenters. The molecule has 2 aromatic carbocycles. The summed E-state index contributed by atoms with van der Waals surface area (Å²) in [6, 6.07) is 19.9. The Morgan fingerprint density at radius 3 is 2.50 bits per heavy atom. The van der Waals surface area contributed by atoms with E-state index < -0.39 is 0 Å². The highest BCUT2D eigenvalue weighted by Gasteiger charge is 2.24. The molecule has 160 valence electrons. The summed E-state index contributed by atoms with van der Waals surface area (Å²) in [7, 11) is 0. The molecule has 4 aromatic rings. The molecule has 0 bridgehead atoms. The van der Waals surface area contributed by atoms with Crippen molar-refractivity contribution >= 4 is 39.8 Å². The van der Waals surface area contributed by atoms with Crippen LogP contribution in [-0.2, 0) is 0 Å². The van der Waals surface area contributed by atoms with E-state index in [4.69, 9.17) is 27.9 Å². The lowest BCUT2D eigenvalue weighted by molar-refractivity contribution is 0.340. The molecule has 0 radical (unpaired) electrons. The van der Waals surface area contributed by atoms with Gasteiger partial charge in [-0.15, -0.1) is 0 Å². The van der Waals surface area contributed by atoms with Gasteiger partial charge in [-0.05, 0) is 48.4 Å². The van der Waals surface area contributed by atoms with Crippen molar-refractivity contribution in [1.29, 1.82) is 0 Å². The van der Waals surface area contributed by atoms with Gasteiger partial charge in [-0.1, -0.05) is 47.5 Å². The zero-order chi connectivity index (χ0) is 22.1. The van der Waals surface area contributed by atoms with Crippen molar-refractivity contribution in [1.82, 2.24) is 15.4 Å². The van der Waals surface area contributed by atoms with Gasteiger partial charge in [0.05, 0.1) is 23.9 Å². The van der Waals surface area contributed by atoms with E-state index in [1.807, 2.05) is 31.2 Å². The molecule has 1 aliphatic rings. The number of ether oxygens (including phenoxy) is 1. The molecule has 1 aliphatic heterocycles. The SMILES string of the molecule is CCOc1ccc2cc(C3CC(c4ccc(-c5ccc(Cl)nc5)cc4)=NN3)c(Cl)nc2c1. The van der Waals surface area contributed by atoms with E-state index in [1.165, 1.54) is 0 Å². The number of aromatic nitrogens is 2. The standard InChI is InChI=1S/C25H20Cl2N4O/c1-2-32-19-9-7-17-11-20(25(27)29-21(17)12-19)23-13-22(30-31-23)16-5-3-15(4-6-16)18-8-10-24(26)28-14-18/h3-12,14,23,31H,2,13H2,1H3. The van der Waals surface area contributed by atoms with Crippen LogP contribution in [0.15, 0.2) is 72.0 Å². The summed E-state index contributed by atoms with van der Waals surface area (Å²) in [5.41, 5.74) is 9.13. The third-order valence-electron chi connectivity index (χ3n) is 5.49. The van der Waals surface area contributed by atoms with Gasteiger partial charge >= 0.3 is 0 Å². The van der Waals surface area contributed by atoms with Crippen LogP contribution < -0.4 is 10.2 Å². The summed E-state index contributed by atoms with van der Waals surface area (Å²) in [4.78, 5) is 8.74. The average molecular weight is 463 g/mol. The average Bonchev–Trinajstić information content (AvgIpc) is 3.29. The van der Waals surface area contributed by atoms with E-state index in [0.717, 1.165) is 51.0 Å². The summed E-state index contributed by atoms with van der Waals surface area (Å²) in [5.74, 6) is 0.791. The maximum absolute atomic E-state index is 6.55. The number of fused-ring (bicyclic) bond motifs is 1. The van der Waals surface area contributed by atoms with Gasteiger partial charge in [0, 0.05) is 35.2 Å². The van der Waals surface area contributed by atoms with Gasteiger partial charge in [-0.2, -0.15) is 5.10 Å². The highest BCUT2D eigenvalue weighted by Crippen LogP contribution is 2.32. The first kappa shape index (κ1) is 20.7. The van der Waals surface area contributed by atoms with Crippen LogP contribution >= 0.6 is 23.2 Å². The monoisotopic (exact) mass is 462 g/mol. The van der Waals surface area contributed by atoms with Gasteiger partial charge < -0.3 is 10.2 Å². The van der Waals surface area contributed by atoms with Gasteiger partial charge in [-0.25, -0.2) is 9.97 Å². The van der Waals surface area contributed by atoms with Crippen molar-refractivity contribution in [2.45, 2.75) is 19.4 Å². The maximum atomic E-state index is 6.55. The molecule has 0 amide bonds. The quantitative estimate of drug-likeness (QED) is 0.346. The fourth-order valence-electron chi connectivity index (χ4n) is 3.84. The van der Waals surface area contributed by atoms with E-state index in [2.05, 4.69) is 50.8 Å². The number of benzene rings is 2. The molecule has 5 nitrogen and oxygen atoms in total. The normalized spacial score (nSPS) is 15.5. The van der Waals surface area contributed by atoms with E-state index in [9.17, 15) is 0 Å². The second-order valence-electron chi connectivity index (χ2n) is 7.55. The molecule has 32 heavy (non-hydrogen) atoms. The minimum atomic E-state index is -0.0267. The molecule has 1 atom stereocenters. The maximum Gasteiger partial charge on any atom is 0.135 e. The minimum Gasteiger partial charge on any atom is -0.494 e. The zero-order valence-electron chi connectivity index (χ0n) is 17.3. The van der Waals surface area contributed by atoms with Gasteiger partial charge in [0.25, 0.3) is 0 Å². The van der Waals surface area contributed by atoms with Crippen molar-refractivity contribution in [3.63, 3.8) is 0 Å². The van der Waals surface area contributed by atoms with E-state index in [-0.39, 0.29) is 6.04 Å². The van der Waals surface area contributed by atoms with Crippen LogP contribution in [0.2, 0.25) is 10.3 Å². The molecular formula is C25H20Cl2N4O. The van der Waals surface area contributed by atoms with Crippen molar-refractivity contribution in [3.8, 4) is 16.9 Å². The molecule has 0 aliphatic carbocycles. The molecule has 5 rings (SSSR count). The lowest BCUT2D eigenvalue weighted by Gasteiger charge is -2.13. The number of hydrazone groups is 1. The number of nitrogens with one attached hydrogen (secondary N) is 1. The minimum absolute atomic E-state index is 0.0267. The smallest absolute Gasteiger partial charge is 0.135 e. The Kier molecular flexibility index (Phi) is 5.68. The van der Waals surface area contributed by atoms with Crippen LogP contribution in [0, 0.1) is 0 Å². The Hall–Kier alpha value is -3.15. The fraction of sp³-hybridized carbons (Fsp3) is 0.160. The third-order valence-corrected chi connectivity index (χ3v) is 6.01. The Labute approximate surface area is 196 Å². The Morgan fingerprint density at radius 2 is 1.75 bits per heavy atom. The number of rotatable bonds is 5. The third kappa shape index (κ3) is 4.14. The summed E-state index contributed by atoms with van der Waals surface area (Å²) < 4.78 is 5.57. The van der Waals surface area contributed by atoms with Crippen LogP contribution in [0.1, 0.15) is 30.5 Å². The van der Waals surface area contributed by atoms with Crippen molar-refractivity contribution in [3.05, 3.63) is 88.3 Å². The molecule has 7 heteroatoms. The number of hydrogen-bond donors (Lipinski definition) is 1. The van der Waals surface area contributed by atoms with Gasteiger partial charge in [0.15, 0.2) is 0 Å². The number of halogens is 2. The number of hydrogen-bond acceptors (Lipinski definition) is 5. The molecule has 2 aromatic heterocycles. The van der Waals surface area contributed by atoms with Gasteiger partial charge in [0.2, 0.25) is 0 Å². The molecule has 1 N–H and O–H groups in total. The Bertz CT molecular complexity index is 1300. The Morgan fingerprint density at radius 1 is 0.969 bits per heavy atom. The first-order valence-corrected chi connectivity index (χ1v) is 11.1. The molecule has 0 fully saturated rings. The largest absolute Gasteiger partial charge is 0.494 e. The fourth-order valence-corrected chi connectivity index (χ4v) is 4.23. The number of pyridine rings is 2.